The summed E-state index contributed by atoms with van der Waals surface area (Å²) in [7, 11) is 0. The van der Waals surface area contributed by atoms with E-state index >= 15 is 0 Å². The van der Waals surface area contributed by atoms with E-state index in [9.17, 15) is 5.41 Å². The van der Waals surface area contributed by atoms with Crippen molar-refractivity contribution in [2.24, 2.45) is 4.99 Å². The first-order valence-corrected chi connectivity index (χ1v) is 20.1. The molecule has 0 aliphatic carbocycles. The second-order valence-corrected chi connectivity index (χ2v) is 16.4. The Morgan fingerprint density at radius 1 is 0.455 bits per heavy atom. The van der Waals surface area contributed by atoms with Crippen molar-refractivity contribution in [1.82, 2.24) is 4.57 Å². The van der Waals surface area contributed by atoms with E-state index in [-0.39, 0.29) is 0 Å². The Kier molecular flexibility index (Phi) is 6.53. The molecular weight excluding hydrogens is 707 g/mol. The molecule has 3 nitrogen and oxygen atoms in total. The molecule has 3 aromatic heterocycles. The van der Waals surface area contributed by atoms with Gasteiger partial charge >= 0.3 is 0 Å². The van der Waals surface area contributed by atoms with Gasteiger partial charge in [0.25, 0.3) is 0 Å². The number of benzene rings is 9. The summed E-state index contributed by atoms with van der Waals surface area (Å²) in [5, 5.41) is 25.6. The molecule has 1 N–H and O–H groups in total. The number of hydrogen-bond donors (Lipinski definition) is 1. The Morgan fingerprint density at radius 3 is 1.80 bits per heavy atom. The highest BCUT2D eigenvalue weighted by Crippen LogP contribution is 2.45. The van der Waals surface area contributed by atoms with Crippen LogP contribution >= 0.6 is 22.7 Å². The highest BCUT2D eigenvalue weighted by molar-refractivity contribution is 7.25. The standard InChI is InChI=1S/C50H29N3S2/c51-48(30-22-26-44-39(27-30)35-16-7-9-19-42(35)54-44)50-49(38-18-8-10-20-43(38)55-50)52-28-53-40-24-21-29-11-1-2-12-31(29)46(40)47-41(53)25-23-37-34-15-4-3-13-32(34)33-14-5-6-17-36(33)45(37)47/h1-28,51H/b51-48?,52-28+. The molecule has 0 fully saturated rings. The molecule has 0 atom stereocenters. The fraction of sp³-hybridized carbons (Fsp3) is 0. The molecule has 9 aromatic carbocycles. The van der Waals surface area contributed by atoms with Crippen LogP contribution in [0.5, 0.6) is 0 Å². The minimum Gasteiger partial charge on any atom is -0.300 e. The van der Waals surface area contributed by atoms with Gasteiger partial charge in [-0.05, 0) is 74.1 Å². The van der Waals surface area contributed by atoms with E-state index in [0.717, 1.165) is 37.2 Å². The summed E-state index contributed by atoms with van der Waals surface area (Å²) < 4.78 is 5.89. The highest BCUT2D eigenvalue weighted by atomic mass is 32.1. The smallest absolute Gasteiger partial charge is 0.100 e. The van der Waals surface area contributed by atoms with Gasteiger partial charge in [0.15, 0.2) is 0 Å². The van der Waals surface area contributed by atoms with E-state index in [1.807, 2.05) is 6.34 Å². The van der Waals surface area contributed by atoms with Gasteiger partial charge in [0.1, 0.15) is 6.34 Å². The second-order valence-electron chi connectivity index (χ2n) is 14.2. The first-order valence-electron chi connectivity index (χ1n) is 18.4. The van der Waals surface area contributed by atoms with Crippen LogP contribution in [0.25, 0.3) is 95.2 Å². The number of rotatable bonds is 4. The molecule has 12 rings (SSSR count). The van der Waals surface area contributed by atoms with Crippen LogP contribution in [0.3, 0.4) is 0 Å². The number of hydrogen-bond acceptors (Lipinski definition) is 4. The van der Waals surface area contributed by atoms with E-state index in [2.05, 4.69) is 168 Å². The molecule has 256 valence electrons. The molecule has 0 aliphatic heterocycles. The quantitative estimate of drug-likeness (QED) is 0.106. The van der Waals surface area contributed by atoms with E-state index in [1.54, 1.807) is 22.7 Å². The molecule has 3 heterocycles. The number of fused-ring (bicyclic) bond motifs is 16. The molecule has 0 amide bonds. The van der Waals surface area contributed by atoms with Crippen molar-refractivity contribution in [1.29, 1.82) is 5.41 Å². The van der Waals surface area contributed by atoms with Gasteiger partial charge < -0.3 is 0 Å². The molecule has 0 saturated carbocycles. The van der Waals surface area contributed by atoms with E-state index in [0.29, 0.717) is 5.71 Å². The molecule has 5 heteroatoms. The van der Waals surface area contributed by atoms with Crippen LogP contribution in [-0.2, 0) is 0 Å². The zero-order chi connectivity index (χ0) is 36.2. The molecule has 0 unspecified atom stereocenters. The van der Waals surface area contributed by atoms with Crippen molar-refractivity contribution >= 4 is 136 Å². The summed E-state index contributed by atoms with van der Waals surface area (Å²) >= 11 is 3.44. The van der Waals surface area contributed by atoms with Gasteiger partial charge in [-0.3, -0.25) is 9.98 Å². The summed E-state index contributed by atoms with van der Waals surface area (Å²) in [6, 6.07) is 58.8. The maximum atomic E-state index is 9.65. The first kappa shape index (κ1) is 30.8. The highest BCUT2D eigenvalue weighted by Gasteiger charge is 2.21. The average molecular weight is 736 g/mol. The average Bonchev–Trinajstić information content (AvgIpc) is 3.92. The monoisotopic (exact) mass is 735 g/mol. The summed E-state index contributed by atoms with van der Waals surface area (Å²) in [5.41, 5.74) is 4.42. The zero-order valence-corrected chi connectivity index (χ0v) is 31.0. The molecule has 0 aliphatic rings. The van der Waals surface area contributed by atoms with E-state index in [1.165, 1.54) is 74.0 Å². The van der Waals surface area contributed by atoms with Crippen LogP contribution < -0.4 is 0 Å². The lowest BCUT2D eigenvalue weighted by Crippen LogP contribution is -2.00. The summed E-state index contributed by atoms with van der Waals surface area (Å²) in [4.78, 5) is 6.23. The molecule has 0 radical (unpaired) electrons. The maximum absolute atomic E-state index is 9.65. The molecule has 12 aromatic rings. The van der Waals surface area contributed by atoms with Gasteiger partial charge in [0, 0.05) is 52.0 Å². The molecule has 0 bridgehead atoms. The number of aliphatic imine (C=N–C) groups is 1. The minimum absolute atomic E-state index is 0.489. The van der Waals surface area contributed by atoms with Crippen molar-refractivity contribution in [2.45, 2.75) is 0 Å². The summed E-state index contributed by atoms with van der Waals surface area (Å²) in [6.07, 6.45) is 2.00. The lowest BCUT2D eigenvalue weighted by Gasteiger charge is -2.12. The van der Waals surface area contributed by atoms with Crippen molar-refractivity contribution < 1.29 is 0 Å². The lowest BCUT2D eigenvalue weighted by molar-refractivity contribution is 1.31. The van der Waals surface area contributed by atoms with Gasteiger partial charge in [0.2, 0.25) is 0 Å². The normalized spacial score (nSPS) is 12.4. The predicted octanol–water partition coefficient (Wildman–Crippen LogP) is 14.6. The predicted molar refractivity (Wildman–Crippen MR) is 240 cm³/mol. The number of aromatic nitrogens is 1. The summed E-state index contributed by atoms with van der Waals surface area (Å²) in [5.74, 6) is 0. The van der Waals surface area contributed by atoms with Crippen LogP contribution in [0.1, 0.15) is 10.4 Å². The van der Waals surface area contributed by atoms with Crippen LogP contribution in [0.2, 0.25) is 0 Å². The van der Waals surface area contributed by atoms with E-state index in [4.69, 9.17) is 4.99 Å². The maximum Gasteiger partial charge on any atom is 0.100 e. The Morgan fingerprint density at radius 2 is 1.02 bits per heavy atom. The topological polar surface area (TPSA) is 41.1 Å². The fourth-order valence-electron chi connectivity index (χ4n) is 8.87. The zero-order valence-electron chi connectivity index (χ0n) is 29.4. The SMILES string of the molecule is N=C(c1ccc2sc3ccccc3c2c1)c1sc2ccccc2c1/N=C/n1c2ccc3ccccc3c2c2c3c4ccccc4c4ccccc4c3ccc21. The van der Waals surface area contributed by atoms with Crippen LogP contribution in [0.4, 0.5) is 5.69 Å². The van der Waals surface area contributed by atoms with Crippen molar-refractivity contribution in [3.05, 3.63) is 174 Å². The van der Waals surface area contributed by atoms with Crippen LogP contribution in [0, 0.1) is 5.41 Å². The Hall–Kier alpha value is -6.66. The van der Waals surface area contributed by atoms with E-state index < -0.39 is 0 Å². The third-order valence-electron chi connectivity index (χ3n) is 11.3. The lowest BCUT2D eigenvalue weighted by atomic mass is 9.91. The molecule has 0 spiro atoms. The van der Waals surface area contributed by atoms with Gasteiger partial charge in [-0.25, -0.2) is 4.99 Å². The minimum atomic E-state index is 0.489. The van der Waals surface area contributed by atoms with Crippen molar-refractivity contribution in [3.63, 3.8) is 0 Å². The third-order valence-corrected chi connectivity index (χ3v) is 13.7. The number of nitrogens with zero attached hydrogens (tertiary/aromatic N) is 2. The Balaban J connectivity index is 1.13. The Bertz CT molecular complexity index is 3600. The van der Waals surface area contributed by atoms with Gasteiger partial charge in [-0.1, -0.05) is 127 Å². The summed E-state index contributed by atoms with van der Waals surface area (Å²) in [6.45, 7) is 0. The number of thiophene rings is 2. The molecule has 55 heavy (non-hydrogen) atoms. The largest absolute Gasteiger partial charge is 0.300 e. The Labute approximate surface area is 323 Å². The van der Waals surface area contributed by atoms with Crippen LogP contribution in [-0.4, -0.2) is 16.6 Å². The fourth-order valence-corrected chi connectivity index (χ4v) is 11.1. The third kappa shape index (κ3) is 4.42. The van der Waals surface area contributed by atoms with Gasteiger partial charge in [-0.15, -0.1) is 22.7 Å². The molecule has 0 saturated heterocycles. The number of nitrogens with one attached hydrogen (secondary N) is 1. The first-order chi connectivity index (χ1) is 27.2. The van der Waals surface area contributed by atoms with Crippen molar-refractivity contribution in [3.8, 4) is 0 Å². The second kappa shape index (κ2) is 11.7. The van der Waals surface area contributed by atoms with Crippen LogP contribution in [0.15, 0.2) is 169 Å². The van der Waals surface area contributed by atoms with Gasteiger partial charge in [0.05, 0.1) is 27.3 Å². The van der Waals surface area contributed by atoms with Crippen molar-refractivity contribution in [2.75, 3.05) is 0 Å². The molecular formula is C50H29N3S2. The van der Waals surface area contributed by atoms with Gasteiger partial charge in [-0.2, -0.15) is 0 Å².